The Morgan fingerprint density at radius 1 is 1.16 bits per heavy atom. The fourth-order valence-electron chi connectivity index (χ4n) is 3.43. The number of esters is 1. The molecule has 0 bridgehead atoms. The summed E-state index contributed by atoms with van der Waals surface area (Å²) in [7, 11) is 0. The monoisotopic (exact) mass is 502 g/mol. The number of piperazine rings is 1. The minimum atomic E-state index is -0.907. The van der Waals surface area contributed by atoms with Crippen LogP contribution in [0, 0.1) is 0 Å². The first-order valence-corrected chi connectivity index (χ1v) is 11.5. The van der Waals surface area contributed by atoms with Crippen molar-refractivity contribution in [3.8, 4) is 5.75 Å². The van der Waals surface area contributed by atoms with E-state index in [0.29, 0.717) is 41.9 Å². The van der Waals surface area contributed by atoms with Crippen LogP contribution in [0.1, 0.15) is 35.7 Å². The summed E-state index contributed by atoms with van der Waals surface area (Å²) in [5.41, 5.74) is 1.47. The number of benzene rings is 2. The van der Waals surface area contributed by atoms with Crippen LogP contribution in [-0.2, 0) is 20.7 Å². The first kappa shape index (κ1) is 23.8. The van der Waals surface area contributed by atoms with E-state index in [4.69, 9.17) is 9.47 Å². The number of rotatable bonds is 9. The molecule has 0 spiro atoms. The molecule has 3 rings (SSSR count). The predicted molar refractivity (Wildman–Crippen MR) is 123 cm³/mol. The van der Waals surface area contributed by atoms with Crippen LogP contribution in [0.25, 0.3) is 0 Å². The molecular weight excluding hydrogens is 476 g/mol. The topological polar surface area (TPSA) is 84.9 Å². The van der Waals surface area contributed by atoms with Crippen LogP contribution in [0.5, 0.6) is 5.75 Å². The van der Waals surface area contributed by atoms with Crippen LogP contribution in [0.3, 0.4) is 0 Å². The molecule has 2 aromatic carbocycles. The summed E-state index contributed by atoms with van der Waals surface area (Å²) in [5, 5.41) is 2.73. The third-order valence-corrected chi connectivity index (χ3v) is 5.71. The molecule has 0 radical (unpaired) electrons. The highest BCUT2D eigenvalue weighted by atomic mass is 79.9. The highest BCUT2D eigenvalue weighted by molar-refractivity contribution is 9.10. The Balaban J connectivity index is 1.63. The zero-order valence-corrected chi connectivity index (χ0v) is 19.6. The van der Waals surface area contributed by atoms with Crippen LogP contribution >= 0.6 is 15.9 Å². The molecule has 1 N–H and O–H groups in total. The number of nitrogens with one attached hydrogen (secondary N) is 1. The smallest absolute Gasteiger partial charge is 0.308 e. The van der Waals surface area contributed by atoms with Gasteiger partial charge in [-0.3, -0.25) is 14.4 Å². The number of hydrogen-bond donors (Lipinski definition) is 1. The van der Waals surface area contributed by atoms with E-state index in [1.54, 1.807) is 18.2 Å². The molecule has 1 aliphatic rings. The second-order valence-corrected chi connectivity index (χ2v) is 8.31. The highest BCUT2D eigenvalue weighted by Crippen LogP contribution is 2.27. The lowest BCUT2D eigenvalue weighted by atomic mass is 10.1. The molecule has 32 heavy (non-hydrogen) atoms. The van der Waals surface area contributed by atoms with E-state index < -0.39 is 12.0 Å². The zero-order chi connectivity index (χ0) is 22.9. The third kappa shape index (κ3) is 6.32. The minimum Gasteiger partial charge on any atom is -0.492 e. The predicted octanol–water partition coefficient (Wildman–Crippen LogP) is 3.35. The van der Waals surface area contributed by atoms with E-state index in [1.165, 1.54) is 4.90 Å². The van der Waals surface area contributed by atoms with E-state index in [1.807, 2.05) is 37.3 Å². The molecule has 1 atom stereocenters. The van der Waals surface area contributed by atoms with Gasteiger partial charge in [-0.05, 0) is 46.1 Å². The maximum atomic E-state index is 13.1. The summed E-state index contributed by atoms with van der Waals surface area (Å²) >= 11 is 3.44. The van der Waals surface area contributed by atoms with Crippen molar-refractivity contribution in [1.82, 2.24) is 10.2 Å². The standard InChI is InChI=1S/C24H27BrN2O5/c1-2-13-31-21-9-8-18(15-19(21)25)24(30)27-12-11-26-23(29)20(27)16-22(28)32-14-10-17-6-4-3-5-7-17/h3-9,15,20H,2,10-14,16H2,1H3,(H,26,29). The van der Waals surface area contributed by atoms with E-state index in [2.05, 4.69) is 21.2 Å². The molecule has 1 saturated heterocycles. The fraction of sp³-hybridized carbons (Fsp3) is 0.375. The molecule has 1 aliphatic heterocycles. The van der Waals surface area contributed by atoms with Gasteiger partial charge in [0.25, 0.3) is 5.91 Å². The average molecular weight is 503 g/mol. The Morgan fingerprint density at radius 2 is 1.94 bits per heavy atom. The molecule has 1 unspecified atom stereocenters. The van der Waals surface area contributed by atoms with Crippen molar-refractivity contribution in [3.63, 3.8) is 0 Å². The minimum absolute atomic E-state index is 0.189. The van der Waals surface area contributed by atoms with Gasteiger partial charge < -0.3 is 19.7 Å². The lowest BCUT2D eigenvalue weighted by molar-refractivity contribution is -0.147. The molecular formula is C24H27BrN2O5. The van der Waals surface area contributed by atoms with E-state index in [0.717, 1.165) is 12.0 Å². The van der Waals surface area contributed by atoms with Gasteiger partial charge in [-0.15, -0.1) is 0 Å². The van der Waals surface area contributed by atoms with Gasteiger partial charge in [-0.25, -0.2) is 0 Å². The normalized spacial score (nSPS) is 15.8. The molecule has 2 amide bonds. The van der Waals surface area contributed by atoms with Crippen molar-refractivity contribution in [2.24, 2.45) is 0 Å². The van der Waals surface area contributed by atoms with Crippen LogP contribution in [0.2, 0.25) is 0 Å². The van der Waals surface area contributed by atoms with Crippen molar-refractivity contribution in [1.29, 1.82) is 0 Å². The summed E-state index contributed by atoms with van der Waals surface area (Å²) in [6.07, 6.45) is 1.27. The van der Waals surface area contributed by atoms with E-state index in [9.17, 15) is 14.4 Å². The molecule has 0 aromatic heterocycles. The van der Waals surface area contributed by atoms with Crippen LogP contribution in [0.4, 0.5) is 0 Å². The number of carbonyl (C=O) groups excluding carboxylic acids is 3. The number of ether oxygens (including phenoxy) is 2. The number of amides is 2. The van der Waals surface area contributed by atoms with Gasteiger partial charge in [-0.1, -0.05) is 37.3 Å². The zero-order valence-electron chi connectivity index (χ0n) is 18.0. The van der Waals surface area contributed by atoms with Crippen molar-refractivity contribution < 1.29 is 23.9 Å². The molecule has 1 fully saturated rings. The summed E-state index contributed by atoms with van der Waals surface area (Å²) < 4.78 is 11.6. The summed E-state index contributed by atoms with van der Waals surface area (Å²) in [5.74, 6) is -0.528. The molecule has 0 aliphatic carbocycles. The second-order valence-electron chi connectivity index (χ2n) is 7.46. The Bertz CT molecular complexity index is 951. The van der Waals surface area contributed by atoms with Crippen molar-refractivity contribution in [2.75, 3.05) is 26.3 Å². The van der Waals surface area contributed by atoms with Crippen LogP contribution < -0.4 is 10.1 Å². The first-order chi connectivity index (χ1) is 15.5. The SMILES string of the molecule is CCCOc1ccc(C(=O)N2CCNC(=O)C2CC(=O)OCCc2ccccc2)cc1Br. The van der Waals surface area contributed by atoms with Crippen molar-refractivity contribution >= 4 is 33.7 Å². The maximum absolute atomic E-state index is 13.1. The van der Waals surface area contributed by atoms with E-state index >= 15 is 0 Å². The lowest BCUT2D eigenvalue weighted by Gasteiger charge is -2.34. The molecule has 1 heterocycles. The Labute approximate surface area is 196 Å². The van der Waals surface area contributed by atoms with Crippen LogP contribution in [0.15, 0.2) is 53.0 Å². The fourth-order valence-corrected chi connectivity index (χ4v) is 3.93. The Hall–Kier alpha value is -2.87. The quantitative estimate of drug-likeness (QED) is 0.531. The van der Waals surface area contributed by atoms with Gasteiger partial charge in [0.1, 0.15) is 11.8 Å². The van der Waals surface area contributed by atoms with Gasteiger partial charge in [0, 0.05) is 25.1 Å². The summed E-state index contributed by atoms with van der Waals surface area (Å²) in [6, 6.07) is 13.8. The summed E-state index contributed by atoms with van der Waals surface area (Å²) in [6.45, 7) is 3.46. The lowest BCUT2D eigenvalue weighted by Crippen LogP contribution is -2.57. The van der Waals surface area contributed by atoms with Crippen LogP contribution in [-0.4, -0.2) is 55.0 Å². The first-order valence-electron chi connectivity index (χ1n) is 10.7. The number of carbonyl (C=O) groups is 3. The molecule has 170 valence electrons. The largest absolute Gasteiger partial charge is 0.492 e. The highest BCUT2D eigenvalue weighted by Gasteiger charge is 2.35. The maximum Gasteiger partial charge on any atom is 0.308 e. The Morgan fingerprint density at radius 3 is 2.66 bits per heavy atom. The van der Waals surface area contributed by atoms with Gasteiger partial charge >= 0.3 is 5.97 Å². The van der Waals surface area contributed by atoms with Gasteiger partial charge in [0.15, 0.2) is 0 Å². The Kier molecular flexibility index (Phi) is 8.67. The number of halogens is 1. The number of hydrogen-bond acceptors (Lipinski definition) is 5. The van der Waals surface area contributed by atoms with Gasteiger partial charge in [0.05, 0.1) is 24.1 Å². The summed E-state index contributed by atoms with van der Waals surface area (Å²) in [4.78, 5) is 39.4. The van der Waals surface area contributed by atoms with E-state index in [-0.39, 0.29) is 24.8 Å². The van der Waals surface area contributed by atoms with Crippen molar-refractivity contribution in [2.45, 2.75) is 32.2 Å². The van der Waals surface area contributed by atoms with Gasteiger partial charge in [-0.2, -0.15) is 0 Å². The molecule has 2 aromatic rings. The van der Waals surface area contributed by atoms with Crippen molar-refractivity contribution in [3.05, 3.63) is 64.1 Å². The molecule has 7 nitrogen and oxygen atoms in total. The molecule has 8 heteroatoms. The number of nitrogens with zero attached hydrogens (tertiary/aromatic N) is 1. The third-order valence-electron chi connectivity index (χ3n) is 5.09. The second kappa shape index (κ2) is 11.7. The average Bonchev–Trinajstić information content (AvgIpc) is 2.80. The molecule has 0 saturated carbocycles. The van der Waals surface area contributed by atoms with Gasteiger partial charge in [0.2, 0.25) is 5.91 Å².